The van der Waals surface area contributed by atoms with E-state index in [1.54, 1.807) is 0 Å². The maximum Gasteiger partial charge on any atom is 0.0540 e. The molecule has 0 saturated heterocycles. The molecule has 0 N–H and O–H groups in total. The summed E-state index contributed by atoms with van der Waals surface area (Å²) >= 11 is 1.88. The molecule has 0 atom stereocenters. The number of thiophene rings is 1. The molecule has 0 saturated carbocycles. The van der Waals surface area contributed by atoms with Crippen LogP contribution in [0.2, 0.25) is 0 Å². The van der Waals surface area contributed by atoms with E-state index in [0.717, 1.165) is 17.1 Å². The molecule has 9 rings (SSSR count). The van der Waals surface area contributed by atoms with E-state index >= 15 is 0 Å². The monoisotopic (exact) mass is 655 g/mol. The smallest absolute Gasteiger partial charge is 0.0540 e. The van der Waals surface area contributed by atoms with E-state index < -0.39 is 0 Å². The van der Waals surface area contributed by atoms with Crippen molar-refractivity contribution in [2.45, 2.75) is 0 Å². The third kappa shape index (κ3) is 5.56. The molecule has 9 aromatic rings. The van der Waals surface area contributed by atoms with Gasteiger partial charge in [0.1, 0.15) is 0 Å². The lowest BCUT2D eigenvalue weighted by Gasteiger charge is -2.28. The fraction of sp³-hybridized carbons (Fsp3) is 0. The van der Waals surface area contributed by atoms with E-state index in [1.807, 2.05) is 11.3 Å². The van der Waals surface area contributed by atoms with Crippen molar-refractivity contribution < 1.29 is 0 Å². The van der Waals surface area contributed by atoms with E-state index in [0.29, 0.717) is 0 Å². The van der Waals surface area contributed by atoms with Gasteiger partial charge >= 0.3 is 0 Å². The van der Waals surface area contributed by atoms with Gasteiger partial charge in [0, 0.05) is 42.7 Å². The Kier molecular flexibility index (Phi) is 7.77. The summed E-state index contributed by atoms with van der Waals surface area (Å²) in [5, 5.41) is 2.62. The van der Waals surface area contributed by atoms with Crippen LogP contribution in [-0.4, -0.2) is 0 Å². The van der Waals surface area contributed by atoms with Crippen LogP contribution in [0, 0.1) is 0 Å². The molecular formula is C48H33NS. The fourth-order valence-electron chi connectivity index (χ4n) is 7.02. The highest BCUT2D eigenvalue weighted by Gasteiger charge is 2.18. The number of hydrogen-bond donors (Lipinski definition) is 0. The molecule has 1 aromatic heterocycles. The van der Waals surface area contributed by atoms with Crippen LogP contribution in [0.15, 0.2) is 200 Å². The van der Waals surface area contributed by atoms with Gasteiger partial charge in [0.25, 0.3) is 0 Å². The lowest BCUT2D eigenvalue weighted by molar-refractivity contribution is 1.28. The van der Waals surface area contributed by atoms with Crippen LogP contribution >= 0.6 is 11.3 Å². The fourth-order valence-corrected chi connectivity index (χ4v) is 8.24. The highest BCUT2D eigenvalue weighted by Crippen LogP contribution is 2.44. The van der Waals surface area contributed by atoms with Crippen LogP contribution < -0.4 is 4.90 Å². The molecule has 2 heteroatoms. The van der Waals surface area contributed by atoms with Crippen LogP contribution in [0.5, 0.6) is 0 Å². The minimum Gasteiger partial charge on any atom is -0.310 e. The van der Waals surface area contributed by atoms with Crippen molar-refractivity contribution >= 4 is 48.6 Å². The van der Waals surface area contributed by atoms with Crippen molar-refractivity contribution in [1.82, 2.24) is 0 Å². The van der Waals surface area contributed by atoms with E-state index in [1.165, 1.54) is 64.7 Å². The van der Waals surface area contributed by atoms with Gasteiger partial charge in [0.2, 0.25) is 0 Å². The first kappa shape index (κ1) is 29.9. The van der Waals surface area contributed by atoms with Gasteiger partial charge in [-0.2, -0.15) is 0 Å². The first-order valence-electron chi connectivity index (χ1n) is 17.0. The van der Waals surface area contributed by atoms with Gasteiger partial charge in [-0.25, -0.2) is 0 Å². The highest BCUT2D eigenvalue weighted by atomic mass is 32.1. The number of hydrogen-bond acceptors (Lipinski definition) is 2. The quantitative estimate of drug-likeness (QED) is 0.165. The van der Waals surface area contributed by atoms with Gasteiger partial charge in [0.05, 0.1) is 5.69 Å². The third-order valence-corrected chi connectivity index (χ3v) is 10.7. The average Bonchev–Trinajstić information content (AvgIpc) is 3.58. The van der Waals surface area contributed by atoms with Crippen LogP contribution in [0.25, 0.3) is 64.7 Å². The standard InChI is InChI=1S/C48H33NS/c1-4-14-34(15-5-1)35-24-28-40(29-25-35)49(46-22-12-10-20-42(46)37-16-6-2-7-17-37)41-30-26-36(27-31-41)39-32-44(38-18-8-3-9-19-38)48-45(33-39)43-21-11-13-23-47(43)50-48/h1-33H. The second-order valence-electron chi connectivity index (χ2n) is 12.5. The van der Waals surface area contributed by atoms with E-state index in [9.17, 15) is 0 Å². The van der Waals surface area contributed by atoms with Crippen molar-refractivity contribution in [1.29, 1.82) is 0 Å². The van der Waals surface area contributed by atoms with Gasteiger partial charge in [-0.15, -0.1) is 11.3 Å². The van der Waals surface area contributed by atoms with Crippen molar-refractivity contribution in [3.05, 3.63) is 200 Å². The molecule has 236 valence electrons. The summed E-state index contributed by atoms with van der Waals surface area (Å²) < 4.78 is 2.65. The SMILES string of the molecule is c1ccc(-c2ccc(N(c3ccc(-c4cc(-c5ccccc5)c5sc6ccccc6c5c4)cc3)c3ccccc3-c3ccccc3)cc2)cc1. The molecule has 0 bridgehead atoms. The van der Waals surface area contributed by atoms with Crippen LogP contribution in [0.3, 0.4) is 0 Å². The molecular weight excluding hydrogens is 623 g/mol. The molecule has 0 amide bonds. The Balaban J connectivity index is 1.18. The van der Waals surface area contributed by atoms with Gasteiger partial charge in [-0.1, -0.05) is 152 Å². The Morgan fingerprint density at radius 3 is 1.44 bits per heavy atom. The third-order valence-electron chi connectivity index (χ3n) is 9.48. The summed E-state index contributed by atoms with van der Waals surface area (Å²) in [5.41, 5.74) is 13.1. The number of nitrogens with zero attached hydrogens (tertiary/aromatic N) is 1. The number of benzene rings is 8. The molecule has 0 radical (unpaired) electrons. The summed E-state index contributed by atoms with van der Waals surface area (Å²) in [7, 11) is 0. The summed E-state index contributed by atoms with van der Waals surface area (Å²) in [6.07, 6.45) is 0. The number of anilines is 3. The highest BCUT2D eigenvalue weighted by molar-refractivity contribution is 7.26. The molecule has 0 aliphatic heterocycles. The summed E-state index contributed by atoms with van der Waals surface area (Å²) in [4.78, 5) is 2.38. The van der Waals surface area contributed by atoms with Crippen LogP contribution in [0.1, 0.15) is 0 Å². The number of para-hydroxylation sites is 1. The van der Waals surface area contributed by atoms with E-state index in [4.69, 9.17) is 0 Å². The van der Waals surface area contributed by atoms with E-state index in [2.05, 4.69) is 205 Å². The maximum atomic E-state index is 2.38. The average molecular weight is 656 g/mol. The first-order valence-corrected chi connectivity index (χ1v) is 17.8. The largest absolute Gasteiger partial charge is 0.310 e. The molecule has 1 nitrogen and oxygen atoms in total. The van der Waals surface area contributed by atoms with E-state index in [-0.39, 0.29) is 0 Å². The Bertz CT molecular complexity index is 2550. The summed E-state index contributed by atoms with van der Waals surface area (Å²) in [5.74, 6) is 0. The number of fused-ring (bicyclic) bond motifs is 3. The second-order valence-corrected chi connectivity index (χ2v) is 13.6. The Labute approximate surface area is 297 Å². The van der Waals surface area contributed by atoms with Gasteiger partial charge in [0.15, 0.2) is 0 Å². The lowest BCUT2D eigenvalue weighted by Crippen LogP contribution is -2.11. The minimum absolute atomic E-state index is 1.11. The Hall–Kier alpha value is -6.22. The van der Waals surface area contributed by atoms with Crippen molar-refractivity contribution in [3.63, 3.8) is 0 Å². The Morgan fingerprint density at radius 2 is 0.800 bits per heavy atom. The van der Waals surface area contributed by atoms with Crippen LogP contribution in [0.4, 0.5) is 17.1 Å². The molecule has 1 heterocycles. The lowest BCUT2D eigenvalue weighted by atomic mass is 9.95. The molecule has 8 aromatic carbocycles. The molecule has 0 aliphatic carbocycles. The van der Waals surface area contributed by atoms with Gasteiger partial charge < -0.3 is 4.90 Å². The normalized spacial score (nSPS) is 11.2. The first-order chi connectivity index (χ1) is 24.8. The van der Waals surface area contributed by atoms with Crippen molar-refractivity contribution in [2.75, 3.05) is 4.90 Å². The topological polar surface area (TPSA) is 3.24 Å². The zero-order chi connectivity index (χ0) is 33.3. The molecule has 0 unspecified atom stereocenters. The zero-order valence-electron chi connectivity index (χ0n) is 27.4. The van der Waals surface area contributed by atoms with Crippen LogP contribution in [-0.2, 0) is 0 Å². The summed E-state index contributed by atoms with van der Waals surface area (Å²) in [6, 6.07) is 72.2. The second kappa shape index (κ2) is 13.0. The molecule has 50 heavy (non-hydrogen) atoms. The molecule has 0 fully saturated rings. The van der Waals surface area contributed by atoms with Crippen molar-refractivity contribution in [3.8, 4) is 44.5 Å². The van der Waals surface area contributed by atoms with Crippen molar-refractivity contribution in [2.24, 2.45) is 0 Å². The summed E-state index contributed by atoms with van der Waals surface area (Å²) in [6.45, 7) is 0. The Morgan fingerprint density at radius 1 is 0.320 bits per heavy atom. The maximum absolute atomic E-state index is 2.38. The predicted octanol–water partition coefficient (Wildman–Crippen LogP) is 14.2. The van der Waals surface area contributed by atoms with Gasteiger partial charge in [-0.05, 0) is 81.9 Å². The molecule has 0 aliphatic rings. The predicted molar refractivity (Wildman–Crippen MR) is 216 cm³/mol. The zero-order valence-corrected chi connectivity index (χ0v) is 28.2. The molecule has 0 spiro atoms. The minimum atomic E-state index is 1.11. The van der Waals surface area contributed by atoms with Gasteiger partial charge in [-0.3, -0.25) is 0 Å². The number of rotatable bonds is 7.